The Kier molecular flexibility index (Phi) is 4.73. The number of hydrogen-bond acceptors (Lipinski definition) is 1. The van der Waals surface area contributed by atoms with Crippen molar-refractivity contribution < 1.29 is 0 Å². The molecular formula is C29H33N. The quantitative estimate of drug-likeness (QED) is 0.431. The Balaban J connectivity index is 1.64. The van der Waals surface area contributed by atoms with Gasteiger partial charge in [0.15, 0.2) is 0 Å². The first-order chi connectivity index (χ1) is 14.4. The number of rotatable bonds is 3. The minimum atomic E-state index is 0.253. The molecular weight excluding hydrogens is 362 g/mol. The van der Waals surface area contributed by atoms with Crippen molar-refractivity contribution in [2.24, 2.45) is 5.92 Å². The predicted octanol–water partition coefficient (Wildman–Crippen LogP) is 8.34. The van der Waals surface area contributed by atoms with Crippen LogP contribution in [0.3, 0.4) is 0 Å². The summed E-state index contributed by atoms with van der Waals surface area (Å²) in [6, 6.07) is 25.1. The molecule has 5 rings (SSSR count). The van der Waals surface area contributed by atoms with Crippen LogP contribution in [0.25, 0.3) is 0 Å². The van der Waals surface area contributed by atoms with E-state index in [2.05, 4.69) is 99.3 Å². The topological polar surface area (TPSA) is 3.24 Å². The third kappa shape index (κ3) is 3.16. The van der Waals surface area contributed by atoms with Gasteiger partial charge < -0.3 is 4.90 Å². The molecule has 0 radical (unpaired) electrons. The molecule has 0 amide bonds. The molecule has 30 heavy (non-hydrogen) atoms. The van der Waals surface area contributed by atoms with Crippen molar-refractivity contribution in [1.82, 2.24) is 0 Å². The van der Waals surface area contributed by atoms with E-state index in [-0.39, 0.29) is 5.41 Å². The van der Waals surface area contributed by atoms with E-state index in [0.29, 0.717) is 0 Å². The van der Waals surface area contributed by atoms with E-state index in [1.165, 1.54) is 53.9 Å². The van der Waals surface area contributed by atoms with Gasteiger partial charge in [-0.25, -0.2) is 0 Å². The molecule has 2 atom stereocenters. The lowest BCUT2D eigenvalue weighted by Gasteiger charge is -2.35. The van der Waals surface area contributed by atoms with Crippen LogP contribution in [0, 0.1) is 19.8 Å². The number of aryl methyl sites for hydroxylation is 2. The van der Waals surface area contributed by atoms with Crippen molar-refractivity contribution in [3.05, 3.63) is 89.0 Å². The Morgan fingerprint density at radius 1 is 0.700 bits per heavy atom. The molecule has 0 aromatic heterocycles. The molecule has 1 nitrogen and oxygen atoms in total. The van der Waals surface area contributed by atoms with Gasteiger partial charge in [-0.1, -0.05) is 68.1 Å². The van der Waals surface area contributed by atoms with E-state index in [9.17, 15) is 0 Å². The van der Waals surface area contributed by atoms with E-state index in [1.54, 1.807) is 11.1 Å². The van der Waals surface area contributed by atoms with Crippen molar-refractivity contribution in [2.45, 2.75) is 64.7 Å². The standard InChI is InChI=1S/C29H33N/c1-20-9-13-22(14-10-20)30(23-15-11-21(2)12-16-23)24-17-18-26-25-7-5-6-8-27(25)29(3,4)28(26)19-24/h9-19,25,27H,5-8H2,1-4H3. The summed E-state index contributed by atoms with van der Waals surface area (Å²) in [7, 11) is 0. The summed E-state index contributed by atoms with van der Waals surface area (Å²) in [6.45, 7) is 9.26. The average molecular weight is 396 g/mol. The fourth-order valence-corrected chi connectivity index (χ4v) is 5.97. The first-order valence-electron chi connectivity index (χ1n) is 11.5. The molecule has 0 bridgehead atoms. The van der Waals surface area contributed by atoms with Crippen LogP contribution in [0.4, 0.5) is 17.1 Å². The molecule has 1 fully saturated rings. The number of fused-ring (bicyclic) bond motifs is 3. The predicted molar refractivity (Wildman–Crippen MR) is 128 cm³/mol. The fraction of sp³-hybridized carbons (Fsp3) is 0.379. The van der Waals surface area contributed by atoms with Crippen LogP contribution in [0.1, 0.15) is 67.7 Å². The fourth-order valence-electron chi connectivity index (χ4n) is 5.97. The normalized spacial score (nSPS) is 21.7. The van der Waals surface area contributed by atoms with E-state index in [1.807, 2.05) is 0 Å². The number of hydrogen-bond donors (Lipinski definition) is 0. The highest BCUT2D eigenvalue weighted by molar-refractivity contribution is 5.77. The number of benzene rings is 3. The third-order valence-corrected chi connectivity index (χ3v) is 7.67. The second-order valence-electron chi connectivity index (χ2n) is 10.00. The molecule has 1 saturated carbocycles. The van der Waals surface area contributed by atoms with Crippen LogP contribution in [0.2, 0.25) is 0 Å². The van der Waals surface area contributed by atoms with E-state index in [0.717, 1.165) is 11.8 Å². The summed E-state index contributed by atoms with van der Waals surface area (Å²) >= 11 is 0. The molecule has 0 saturated heterocycles. The Morgan fingerprint density at radius 3 is 1.83 bits per heavy atom. The van der Waals surface area contributed by atoms with Gasteiger partial charge in [-0.05, 0) is 91.5 Å². The largest absolute Gasteiger partial charge is 0.310 e. The van der Waals surface area contributed by atoms with Gasteiger partial charge in [0.25, 0.3) is 0 Å². The lowest BCUT2D eigenvalue weighted by molar-refractivity contribution is 0.233. The molecule has 0 spiro atoms. The van der Waals surface area contributed by atoms with Crippen LogP contribution in [0.5, 0.6) is 0 Å². The highest BCUT2D eigenvalue weighted by atomic mass is 15.1. The van der Waals surface area contributed by atoms with Crippen LogP contribution in [0.15, 0.2) is 66.7 Å². The van der Waals surface area contributed by atoms with Crippen molar-refractivity contribution in [3.63, 3.8) is 0 Å². The third-order valence-electron chi connectivity index (χ3n) is 7.67. The van der Waals surface area contributed by atoms with Crippen molar-refractivity contribution in [3.8, 4) is 0 Å². The van der Waals surface area contributed by atoms with Gasteiger partial charge in [0.1, 0.15) is 0 Å². The first-order valence-corrected chi connectivity index (χ1v) is 11.5. The molecule has 0 aliphatic heterocycles. The zero-order valence-electron chi connectivity index (χ0n) is 18.8. The molecule has 2 aliphatic carbocycles. The van der Waals surface area contributed by atoms with Crippen LogP contribution >= 0.6 is 0 Å². The maximum absolute atomic E-state index is 2.49. The minimum Gasteiger partial charge on any atom is -0.310 e. The molecule has 0 N–H and O–H groups in total. The highest BCUT2D eigenvalue weighted by Gasteiger charge is 2.46. The zero-order chi connectivity index (χ0) is 20.9. The van der Waals surface area contributed by atoms with Crippen LogP contribution in [-0.4, -0.2) is 0 Å². The summed E-state index contributed by atoms with van der Waals surface area (Å²) < 4.78 is 0. The molecule has 2 unspecified atom stereocenters. The molecule has 1 heteroatoms. The molecule has 0 heterocycles. The SMILES string of the molecule is Cc1ccc(N(c2ccc(C)cc2)c2ccc3c(c2)C(C)(C)C2CCCCC32)cc1. The maximum Gasteiger partial charge on any atom is 0.0464 e. The lowest BCUT2D eigenvalue weighted by atomic mass is 9.70. The Bertz CT molecular complexity index is 997. The summed E-state index contributed by atoms with van der Waals surface area (Å²) in [5.74, 6) is 1.55. The van der Waals surface area contributed by atoms with Crippen LogP contribution in [-0.2, 0) is 5.41 Å². The van der Waals surface area contributed by atoms with Gasteiger partial charge in [-0.3, -0.25) is 0 Å². The molecule has 3 aromatic rings. The zero-order valence-corrected chi connectivity index (χ0v) is 18.8. The lowest BCUT2D eigenvalue weighted by Crippen LogP contribution is -2.28. The van der Waals surface area contributed by atoms with Crippen LogP contribution < -0.4 is 4.90 Å². The number of anilines is 3. The van der Waals surface area contributed by atoms with E-state index >= 15 is 0 Å². The highest BCUT2D eigenvalue weighted by Crippen LogP contribution is 2.57. The summed E-state index contributed by atoms with van der Waals surface area (Å²) in [5, 5.41) is 0. The average Bonchev–Trinajstić information content (AvgIpc) is 2.98. The van der Waals surface area contributed by atoms with Crippen molar-refractivity contribution >= 4 is 17.1 Å². The molecule has 3 aromatic carbocycles. The second-order valence-corrected chi connectivity index (χ2v) is 10.00. The second kappa shape index (κ2) is 7.30. The van der Waals surface area contributed by atoms with Gasteiger partial charge in [0.05, 0.1) is 0 Å². The minimum absolute atomic E-state index is 0.253. The van der Waals surface area contributed by atoms with Gasteiger partial charge in [0.2, 0.25) is 0 Å². The van der Waals surface area contributed by atoms with Gasteiger partial charge >= 0.3 is 0 Å². The monoisotopic (exact) mass is 395 g/mol. The van der Waals surface area contributed by atoms with E-state index < -0.39 is 0 Å². The summed E-state index contributed by atoms with van der Waals surface area (Å²) in [4.78, 5) is 2.41. The van der Waals surface area contributed by atoms with Gasteiger partial charge in [0, 0.05) is 17.1 Å². The van der Waals surface area contributed by atoms with Gasteiger partial charge in [-0.2, -0.15) is 0 Å². The number of nitrogens with zero attached hydrogens (tertiary/aromatic N) is 1. The van der Waals surface area contributed by atoms with Crippen molar-refractivity contribution in [1.29, 1.82) is 0 Å². The summed E-state index contributed by atoms with van der Waals surface area (Å²) in [6.07, 6.45) is 5.52. The summed E-state index contributed by atoms with van der Waals surface area (Å²) in [5.41, 5.74) is 9.73. The Labute approximate surface area is 181 Å². The maximum atomic E-state index is 2.49. The van der Waals surface area contributed by atoms with Crippen molar-refractivity contribution in [2.75, 3.05) is 4.90 Å². The Hall–Kier alpha value is -2.54. The molecule has 2 aliphatic rings. The first kappa shape index (κ1) is 19.4. The molecule has 154 valence electrons. The van der Waals surface area contributed by atoms with Gasteiger partial charge in [-0.15, -0.1) is 0 Å². The van der Waals surface area contributed by atoms with E-state index in [4.69, 9.17) is 0 Å². The smallest absolute Gasteiger partial charge is 0.0464 e. The Morgan fingerprint density at radius 2 is 1.23 bits per heavy atom.